The van der Waals surface area contributed by atoms with Crippen LogP contribution in [0.4, 0.5) is 19.0 Å². The number of aromatic nitrogens is 3. The number of hydrogen-bond donors (Lipinski definition) is 1. The number of nitrogen functional groups attached to an aromatic ring is 1. The molecule has 0 spiro atoms. The second-order valence-corrected chi connectivity index (χ2v) is 7.04. The van der Waals surface area contributed by atoms with Crippen molar-refractivity contribution >= 4 is 5.82 Å². The molecule has 1 saturated carbocycles. The van der Waals surface area contributed by atoms with Crippen LogP contribution in [-0.4, -0.2) is 28.0 Å². The van der Waals surface area contributed by atoms with E-state index >= 15 is 0 Å². The second kappa shape index (κ2) is 5.45. The minimum absolute atomic E-state index is 0.120. The van der Waals surface area contributed by atoms with Gasteiger partial charge in [-0.3, -0.25) is 4.68 Å². The van der Waals surface area contributed by atoms with E-state index in [9.17, 15) is 13.2 Å². The minimum Gasteiger partial charge on any atom is -0.383 e. The number of nitrogens with zero attached hydrogens (tertiary/aromatic N) is 3. The molecule has 2 aliphatic rings. The van der Waals surface area contributed by atoms with Crippen LogP contribution in [0.1, 0.15) is 37.1 Å². The number of pyridine rings is 1. The van der Waals surface area contributed by atoms with Gasteiger partial charge in [0.25, 0.3) is 0 Å². The van der Waals surface area contributed by atoms with Gasteiger partial charge < -0.3 is 10.5 Å². The lowest BCUT2D eigenvalue weighted by molar-refractivity contribution is -0.137. The molecule has 3 atom stereocenters. The van der Waals surface area contributed by atoms with Crippen molar-refractivity contribution in [3.8, 4) is 11.3 Å². The van der Waals surface area contributed by atoms with E-state index in [1.807, 2.05) is 24.6 Å². The standard InChI is InChI=1S/C17H19F3N4O/c1-8(2)24-14(15-10-6-25-7-11(10)15)4-13(23-24)9-3-12(17(18,19)20)16(21)22-5-9/h3-5,8,10-11,15H,6-7H2,1-2H3,(H2,21,22)/t10-,11+,15-. The molecule has 3 heterocycles. The third kappa shape index (κ3) is 2.68. The molecule has 2 aromatic heterocycles. The summed E-state index contributed by atoms with van der Waals surface area (Å²) in [5.41, 5.74) is 6.34. The normalized spacial score (nSPS) is 25.4. The molecule has 0 amide bonds. The number of hydrogen-bond acceptors (Lipinski definition) is 4. The highest BCUT2D eigenvalue weighted by atomic mass is 19.4. The highest BCUT2D eigenvalue weighted by molar-refractivity contribution is 5.63. The number of rotatable bonds is 3. The lowest BCUT2D eigenvalue weighted by Crippen LogP contribution is -2.11. The van der Waals surface area contributed by atoms with Gasteiger partial charge in [-0.25, -0.2) is 4.98 Å². The Bertz CT molecular complexity index is 805. The van der Waals surface area contributed by atoms with Gasteiger partial charge in [0.15, 0.2) is 0 Å². The highest BCUT2D eigenvalue weighted by Gasteiger charge is 2.56. The molecule has 2 fully saturated rings. The van der Waals surface area contributed by atoms with Crippen LogP contribution in [0, 0.1) is 11.8 Å². The Labute approximate surface area is 143 Å². The first-order chi connectivity index (χ1) is 11.8. The molecular weight excluding hydrogens is 333 g/mol. The number of nitrogens with two attached hydrogens (primary N) is 1. The van der Waals surface area contributed by atoms with Gasteiger partial charge in [0.1, 0.15) is 5.82 Å². The van der Waals surface area contributed by atoms with Gasteiger partial charge in [0, 0.05) is 29.4 Å². The van der Waals surface area contributed by atoms with Crippen molar-refractivity contribution in [3.05, 3.63) is 29.6 Å². The summed E-state index contributed by atoms with van der Waals surface area (Å²) >= 11 is 0. The fraction of sp³-hybridized carbons (Fsp3) is 0.529. The van der Waals surface area contributed by atoms with E-state index in [0.29, 0.717) is 29.0 Å². The van der Waals surface area contributed by atoms with E-state index in [0.717, 1.165) is 25.0 Å². The Balaban J connectivity index is 1.74. The third-order valence-electron chi connectivity index (χ3n) is 5.07. The second-order valence-electron chi connectivity index (χ2n) is 7.04. The lowest BCUT2D eigenvalue weighted by Gasteiger charge is -2.12. The van der Waals surface area contributed by atoms with Crippen molar-refractivity contribution in [3.63, 3.8) is 0 Å². The van der Waals surface area contributed by atoms with Gasteiger partial charge in [0.05, 0.1) is 24.5 Å². The van der Waals surface area contributed by atoms with Gasteiger partial charge in [-0.1, -0.05) is 0 Å². The van der Waals surface area contributed by atoms with E-state index in [-0.39, 0.29) is 6.04 Å². The predicted octanol–water partition coefficient (Wildman–Crippen LogP) is 3.49. The summed E-state index contributed by atoms with van der Waals surface area (Å²) in [4.78, 5) is 3.71. The zero-order chi connectivity index (χ0) is 17.9. The molecule has 1 aliphatic heterocycles. The van der Waals surface area contributed by atoms with Crippen LogP contribution in [0.2, 0.25) is 0 Å². The van der Waals surface area contributed by atoms with E-state index in [2.05, 4.69) is 10.1 Å². The van der Waals surface area contributed by atoms with Gasteiger partial charge in [-0.05, 0) is 37.8 Å². The van der Waals surface area contributed by atoms with Crippen molar-refractivity contribution in [2.75, 3.05) is 18.9 Å². The molecule has 2 N–H and O–H groups in total. The molecular formula is C17H19F3N4O. The fourth-order valence-electron chi connectivity index (χ4n) is 3.73. The fourth-order valence-corrected chi connectivity index (χ4v) is 3.73. The minimum atomic E-state index is -4.54. The summed E-state index contributed by atoms with van der Waals surface area (Å²) in [5, 5.41) is 4.55. The molecule has 134 valence electrons. The van der Waals surface area contributed by atoms with Crippen LogP contribution in [0.15, 0.2) is 18.3 Å². The van der Waals surface area contributed by atoms with Gasteiger partial charge in [0.2, 0.25) is 0 Å². The Hall–Kier alpha value is -2.09. The Kier molecular flexibility index (Phi) is 3.57. The predicted molar refractivity (Wildman–Crippen MR) is 85.8 cm³/mol. The van der Waals surface area contributed by atoms with Crippen LogP contribution in [0.5, 0.6) is 0 Å². The third-order valence-corrected chi connectivity index (χ3v) is 5.07. The molecule has 2 aromatic rings. The first-order valence-electron chi connectivity index (χ1n) is 8.27. The van der Waals surface area contributed by atoms with Crippen molar-refractivity contribution in [2.45, 2.75) is 32.0 Å². The molecule has 0 bridgehead atoms. The largest absolute Gasteiger partial charge is 0.419 e. The van der Waals surface area contributed by atoms with Crippen LogP contribution >= 0.6 is 0 Å². The molecule has 0 radical (unpaired) electrons. The maximum absolute atomic E-state index is 13.1. The summed E-state index contributed by atoms with van der Waals surface area (Å²) in [7, 11) is 0. The summed E-state index contributed by atoms with van der Waals surface area (Å²) < 4.78 is 46.6. The SMILES string of the molecule is CC(C)n1nc(-c2cnc(N)c(C(F)(F)F)c2)cc1[C@@H]1[C@@H]2COC[C@@H]21. The summed E-state index contributed by atoms with van der Waals surface area (Å²) in [6.07, 6.45) is -3.19. The number of ether oxygens (including phenoxy) is 1. The van der Waals surface area contributed by atoms with Crippen molar-refractivity contribution in [1.82, 2.24) is 14.8 Å². The van der Waals surface area contributed by atoms with Gasteiger partial charge in [-0.15, -0.1) is 0 Å². The molecule has 0 unspecified atom stereocenters. The van der Waals surface area contributed by atoms with Crippen LogP contribution in [0.25, 0.3) is 11.3 Å². The van der Waals surface area contributed by atoms with Crippen molar-refractivity contribution < 1.29 is 17.9 Å². The lowest BCUT2D eigenvalue weighted by atomic mass is 10.1. The molecule has 0 aromatic carbocycles. The molecule has 5 nitrogen and oxygen atoms in total. The topological polar surface area (TPSA) is 66.0 Å². The Morgan fingerprint density at radius 1 is 1.24 bits per heavy atom. The average molecular weight is 352 g/mol. The first kappa shape index (κ1) is 16.4. The van der Waals surface area contributed by atoms with Crippen LogP contribution in [0.3, 0.4) is 0 Å². The maximum atomic E-state index is 13.1. The molecule has 25 heavy (non-hydrogen) atoms. The van der Waals surface area contributed by atoms with Crippen molar-refractivity contribution in [1.29, 1.82) is 0 Å². The number of halogens is 3. The molecule has 1 saturated heterocycles. The quantitative estimate of drug-likeness (QED) is 0.918. The number of fused-ring (bicyclic) bond motifs is 1. The zero-order valence-corrected chi connectivity index (χ0v) is 13.9. The molecule has 4 rings (SSSR count). The van der Waals surface area contributed by atoms with Crippen LogP contribution < -0.4 is 5.73 Å². The van der Waals surface area contributed by atoms with E-state index in [4.69, 9.17) is 10.5 Å². The van der Waals surface area contributed by atoms with Crippen molar-refractivity contribution in [2.24, 2.45) is 11.8 Å². The summed E-state index contributed by atoms with van der Waals surface area (Å²) in [6, 6.07) is 3.03. The Morgan fingerprint density at radius 3 is 2.52 bits per heavy atom. The summed E-state index contributed by atoms with van der Waals surface area (Å²) in [6.45, 7) is 5.51. The van der Waals surface area contributed by atoms with Gasteiger partial charge in [-0.2, -0.15) is 18.3 Å². The number of alkyl halides is 3. The molecule has 8 heteroatoms. The monoisotopic (exact) mass is 352 g/mol. The zero-order valence-electron chi connectivity index (χ0n) is 13.9. The summed E-state index contributed by atoms with van der Waals surface area (Å²) in [5.74, 6) is 0.851. The highest BCUT2D eigenvalue weighted by Crippen LogP contribution is 2.58. The maximum Gasteiger partial charge on any atom is 0.419 e. The van der Waals surface area contributed by atoms with E-state index in [1.54, 1.807) is 0 Å². The van der Waals surface area contributed by atoms with Crippen LogP contribution in [-0.2, 0) is 10.9 Å². The van der Waals surface area contributed by atoms with Gasteiger partial charge >= 0.3 is 6.18 Å². The Morgan fingerprint density at radius 2 is 1.92 bits per heavy atom. The first-order valence-corrected chi connectivity index (χ1v) is 8.27. The number of anilines is 1. The average Bonchev–Trinajstić information content (AvgIpc) is 2.93. The molecule has 1 aliphatic carbocycles. The van der Waals surface area contributed by atoms with E-state index in [1.165, 1.54) is 6.20 Å². The smallest absolute Gasteiger partial charge is 0.383 e. The van der Waals surface area contributed by atoms with E-state index < -0.39 is 17.6 Å².